The van der Waals surface area contributed by atoms with Crippen LogP contribution in [-0.2, 0) is 0 Å². The van der Waals surface area contributed by atoms with Crippen LogP contribution in [0.1, 0.15) is 11.1 Å². The Hall–Kier alpha value is -0.273. The summed E-state index contributed by atoms with van der Waals surface area (Å²) in [5.41, 5.74) is 5.85. The third-order valence-corrected chi connectivity index (χ3v) is 3.46. The quantitative estimate of drug-likeness (QED) is 0.388. The smallest absolute Gasteiger partial charge is 0.127 e. The first-order valence-electron chi connectivity index (χ1n) is 4.68. The fourth-order valence-corrected chi connectivity index (χ4v) is 2.29. The molecular weight excluding hydrogens is 299 g/mol. The Balaban J connectivity index is 3.02. The molecule has 0 heterocycles. The monoisotopic (exact) mass is 314 g/mol. The van der Waals surface area contributed by atoms with Gasteiger partial charge in [-0.2, -0.15) is 0 Å². The van der Waals surface area contributed by atoms with E-state index in [2.05, 4.69) is 78.8 Å². The molecule has 0 bridgehead atoms. The minimum Gasteiger partial charge on any atom is -0.127 e. The first kappa shape index (κ1) is 11.8. The van der Waals surface area contributed by atoms with Gasteiger partial charge in [0.1, 0.15) is 8.07 Å². The van der Waals surface area contributed by atoms with E-state index < -0.39 is 8.07 Å². The highest BCUT2D eigenvalue weighted by molar-refractivity contribution is 14.1. The maximum atomic E-state index is 3.38. The number of hydrogen-bond acceptors (Lipinski definition) is 0. The summed E-state index contributed by atoms with van der Waals surface area (Å²) in [7, 11) is -1.24. The van der Waals surface area contributed by atoms with Gasteiger partial charge in [-0.3, -0.25) is 0 Å². The maximum absolute atomic E-state index is 3.38. The molecule has 0 aliphatic heterocycles. The summed E-state index contributed by atoms with van der Waals surface area (Å²) in [4.78, 5) is 0. The molecule has 0 unspecified atom stereocenters. The first-order valence-corrected chi connectivity index (χ1v) is 9.26. The zero-order chi connectivity index (χ0) is 10.8. The molecule has 0 spiro atoms. The van der Waals surface area contributed by atoms with Gasteiger partial charge in [0, 0.05) is 9.13 Å². The van der Waals surface area contributed by atoms with Gasteiger partial charge >= 0.3 is 0 Å². The molecule has 1 aromatic carbocycles. The molecule has 0 amide bonds. The standard InChI is InChI=1S/C12H15ISi/c1-10-5-6-11(12(13)9-10)7-8-14(2,3)4/h5-6,9H,1-4H3. The third kappa shape index (κ3) is 3.85. The first-order chi connectivity index (χ1) is 6.38. The van der Waals surface area contributed by atoms with E-state index in [-0.39, 0.29) is 0 Å². The molecule has 1 rings (SSSR count). The van der Waals surface area contributed by atoms with E-state index in [1.807, 2.05) is 0 Å². The fraction of sp³-hybridized carbons (Fsp3) is 0.333. The summed E-state index contributed by atoms with van der Waals surface area (Å²) in [5, 5.41) is 0. The number of rotatable bonds is 0. The summed E-state index contributed by atoms with van der Waals surface area (Å²) in [6, 6.07) is 6.41. The Morgan fingerprint density at radius 2 is 1.86 bits per heavy atom. The molecule has 0 radical (unpaired) electrons. The lowest BCUT2D eigenvalue weighted by Crippen LogP contribution is -2.16. The largest absolute Gasteiger partial charge is 0.129 e. The summed E-state index contributed by atoms with van der Waals surface area (Å²) in [5.74, 6) is 3.28. The average molecular weight is 314 g/mol. The molecule has 0 nitrogen and oxygen atoms in total. The maximum Gasteiger partial charge on any atom is 0.129 e. The minimum absolute atomic E-state index is 1.17. The van der Waals surface area contributed by atoms with Crippen LogP contribution in [0, 0.1) is 22.0 Å². The highest BCUT2D eigenvalue weighted by Gasteiger charge is 2.07. The SMILES string of the molecule is Cc1ccc(C#C[Si](C)(C)C)c(I)c1. The molecular formula is C12H15ISi. The highest BCUT2D eigenvalue weighted by atomic mass is 127. The van der Waals surface area contributed by atoms with Crippen molar-refractivity contribution < 1.29 is 0 Å². The van der Waals surface area contributed by atoms with E-state index in [4.69, 9.17) is 0 Å². The van der Waals surface area contributed by atoms with Crippen LogP contribution in [0.15, 0.2) is 18.2 Å². The Labute approximate surface area is 101 Å². The molecule has 0 aromatic heterocycles. The van der Waals surface area contributed by atoms with Crippen molar-refractivity contribution in [2.24, 2.45) is 0 Å². The zero-order valence-electron chi connectivity index (χ0n) is 9.11. The van der Waals surface area contributed by atoms with Crippen LogP contribution in [0.2, 0.25) is 19.6 Å². The van der Waals surface area contributed by atoms with Crippen LogP contribution in [0.5, 0.6) is 0 Å². The van der Waals surface area contributed by atoms with Gasteiger partial charge in [0.25, 0.3) is 0 Å². The van der Waals surface area contributed by atoms with Gasteiger partial charge in [0.05, 0.1) is 0 Å². The van der Waals surface area contributed by atoms with Crippen molar-refractivity contribution in [3.63, 3.8) is 0 Å². The number of aryl methyl sites for hydroxylation is 1. The van der Waals surface area contributed by atoms with Crippen LogP contribution in [0.4, 0.5) is 0 Å². The molecule has 14 heavy (non-hydrogen) atoms. The van der Waals surface area contributed by atoms with Gasteiger partial charge in [-0.15, -0.1) is 5.54 Å². The van der Waals surface area contributed by atoms with E-state index in [0.717, 1.165) is 0 Å². The van der Waals surface area contributed by atoms with Gasteiger partial charge in [0.2, 0.25) is 0 Å². The average Bonchev–Trinajstić information content (AvgIpc) is 2.00. The second kappa shape index (κ2) is 4.50. The normalized spacial score (nSPS) is 10.6. The van der Waals surface area contributed by atoms with E-state index in [1.54, 1.807) is 0 Å². The Bertz CT molecular complexity index is 391. The highest BCUT2D eigenvalue weighted by Crippen LogP contribution is 2.13. The molecule has 74 valence electrons. The molecule has 0 atom stereocenters. The van der Waals surface area contributed by atoms with E-state index >= 15 is 0 Å². The molecule has 0 fully saturated rings. The molecule has 1 aromatic rings. The lowest BCUT2D eigenvalue weighted by Gasteiger charge is -2.04. The van der Waals surface area contributed by atoms with E-state index in [9.17, 15) is 0 Å². The van der Waals surface area contributed by atoms with Crippen molar-refractivity contribution >= 4 is 30.7 Å². The molecule has 0 aliphatic rings. The van der Waals surface area contributed by atoms with Crippen molar-refractivity contribution in [2.75, 3.05) is 0 Å². The van der Waals surface area contributed by atoms with Crippen LogP contribution in [-0.4, -0.2) is 8.07 Å². The van der Waals surface area contributed by atoms with Crippen molar-refractivity contribution in [1.82, 2.24) is 0 Å². The van der Waals surface area contributed by atoms with Gasteiger partial charge in [-0.25, -0.2) is 0 Å². The lowest BCUT2D eigenvalue weighted by molar-refractivity contribution is 1.43. The van der Waals surface area contributed by atoms with Crippen molar-refractivity contribution in [3.8, 4) is 11.5 Å². The van der Waals surface area contributed by atoms with Crippen molar-refractivity contribution in [1.29, 1.82) is 0 Å². The van der Waals surface area contributed by atoms with Crippen molar-refractivity contribution in [2.45, 2.75) is 26.6 Å². The summed E-state index contributed by atoms with van der Waals surface area (Å²) in [6.07, 6.45) is 0. The van der Waals surface area contributed by atoms with Crippen LogP contribution in [0.3, 0.4) is 0 Å². The molecule has 0 saturated carbocycles. The predicted octanol–water partition coefficient (Wildman–Crippen LogP) is 3.83. The molecule has 0 N–H and O–H groups in total. The van der Waals surface area contributed by atoms with Gasteiger partial charge in [-0.05, 0) is 47.2 Å². The fourth-order valence-electron chi connectivity index (χ4n) is 0.976. The van der Waals surface area contributed by atoms with E-state index in [0.29, 0.717) is 0 Å². The lowest BCUT2D eigenvalue weighted by atomic mass is 10.2. The summed E-state index contributed by atoms with van der Waals surface area (Å²) < 4.78 is 1.26. The van der Waals surface area contributed by atoms with Gasteiger partial charge in [-0.1, -0.05) is 31.6 Å². The molecule has 2 heteroatoms. The van der Waals surface area contributed by atoms with E-state index in [1.165, 1.54) is 14.7 Å². The zero-order valence-corrected chi connectivity index (χ0v) is 12.3. The van der Waals surface area contributed by atoms with Crippen molar-refractivity contribution in [3.05, 3.63) is 32.9 Å². The Morgan fingerprint density at radius 1 is 1.21 bits per heavy atom. The molecule has 0 saturated heterocycles. The number of benzene rings is 1. The Morgan fingerprint density at radius 3 is 2.36 bits per heavy atom. The summed E-state index contributed by atoms with van der Waals surface area (Å²) >= 11 is 2.35. The second-order valence-electron chi connectivity index (χ2n) is 4.48. The predicted molar refractivity (Wildman–Crippen MR) is 74.1 cm³/mol. The van der Waals surface area contributed by atoms with Crippen LogP contribution in [0.25, 0.3) is 0 Å². The van der Waals surface area contributed by atoms with Crippen LogP contribution < -0.4 is 0 Å². The number of halogens is 1. The number of hydrogen-bond donors (Lipinski definition) is 0. The van der Waals surface area contributed by atoms with Crippen LogP contribution >= 0.6 is 22.6 Å². The third-order valence-electron chi connectivity index (χ3n) is 1.70. The van der Waals surface area contributed by atoms with Gasteiger partial charge < -0.3 is 0 Å². The second-order valence-corrected chi connectivity index (χ2v) is 10.4. The Kier molecular flexibility index (Phi) is 3.79. The minimum atomic E-state index is -1.24. The topological polar surface area (TPSA) is 0 Å². The summed E-state index contributed by atoms with van der Waals surface area (Å²) in [6.45, 7) is 8.90. The van der Waals surface area contributed by atoms with Gasteiger partial charge in [0.15, 0.2) is 0 Å². The molecule has 0 aliphatic carbocycles.